The zero-order chi connectivity index (χ0) is 21.7. The molecular formula is C21H24N2O6S. The Morgan fingerprint density at radius 2 is 2.00 bits per heavy atom. The van der Waals surface area contributed by atoms with Crippen LogP contribution in [0.15, 0.2) is 53.4 Å². The molecule has 1 amide bonds. The van der Waals surface area contributed by atoms with Crippen LogP contribution in [0.2, 0.25) is 0 Å². The topological polar surface area (TPSA) is 94.2 Å². The Kier molecular flexibility index (Phi) is 6.63. The van der Waals surface area contributed by atoms with E-state index in [0.29, 0.717) is 30.2 Å². The number of fused-ring (bicyclic) bond motifs is 1. The summed E-state index contributed by atoms with van der Waals surface area (Å²) >= 11 is 0. The van der Waals surface area contributed by atoms with Gasteiger partial charge in [-0.2, -0.15) is 0 Å². The second-order valence-corrected chi connectivity index (χ2v) is 8.52. The van der Waals surface area contributed by atoms with Gasteiger partial charge in [0.1, 0.15) is 17.3 Å². The van der Waals surface area contributed by atoms with Gasteiger partial charge in [-0.25, -0.2) is 13.1 Å². The van der Waals surface area contributed by atoms with Gasteiger partial charge in [0.05, 0.1) is 13.7 Å². The van der Waals surface area contributed by atoms with E-state index in [9.17, 15) is 13.2 Å². The SMILES string of the molecule is CNS(=O)(=O)c1cc(/C=C/C(=O)N(C)CC2COc3ccccc3O2)ccc1OC. The van der Waals surface area contributed by atoms with Crippen LogP contribution in [0.5, 0.6) is 17.2 Å². The second-order valence-electron chi connectivity index (χ2n) is 6.67. The first-order valence-electron chi connectivity index (χ1n) is 9.27. The van der Waals surface area contributed by atoms with Crippen molar-refractivity contribution in [2.75, 3.05) is 34.4 Å². The fraction of sp³-hybridized carbons (Fsp3) is 0.286. The number of nitrogens with one attached hydrogen (secondary N) is 1. The number of para-hydroxylation sites is 2. The van der Waals surface area contributed by atoms with Crippen LogP contribution in [0, 0.1) is 0 Å². The third kappa shape index (κ3) is 4.92. The average Bonchev–Trinajstić information content (AvgIpc) is 2.77. The number of sulfonamides is 1. The van der Waals surface area contributed by atoms with Gasteiger partial charge in [-0.15, -0.1) is 0 Å². The van der Waals surface area contributed by atoms with Gasteiger partial charge in [-0.05, 0) is 43.0 Å². The summed E-state index contributed by atoms with van der Waals surface area (Å²) in [5.74, 6) is 1.32. The first-order valence-corrected chi connectivity index (χ1v) is 10.8. The lowest BCUT2D eigenvalue weighted by molar-refractivity contribution is -0.126. The van der Waals surface area contributed by atoms with E-state index < -0.39 is 10.0 Å². The minimum atomic E-state index is -3.70. The van der Waals surface area contributed by atoms with E-state index in [2.05, 4.69) is 4.72 Å². The smallest absolute Gasteiger partial charge is 0.246 e. The minimum absolute atomic E-state index is 0.00173. The Hall–Kier alpha value is -3.04. The third-order valence-corrected chi connectivity index (χ3v) is 6.02. The van der Waals surface area contributed by atoms with E-state index in [1.165, 1.54) is 31.2 Å². The number of amides is 1. The van der Waals surface area contributed by atoms with Crippen LogP contribution in [0.3, 0.4) is 0 Å². The lowest BCUT2D eigenvalue weighted by Gasteiger charge is -2.29. The number of rotatable bonds is 7. The number of carbonyl (C=O) groups is 1. The molecule has 0 saturated carbocycles. The number of hydrogen-bond acceptors (Lipinski definition) is 6. The molecule has 160 valence electrons. The molecule has 0 fully saturated rings. The lowest BCUT2D eigenvalue weighted by atomic mass is 10.2. The molecule has 1 aliphatic rings. The molecule has 1 unspecified atom stereocenters. The average molecular weight is 432 g/mol. The monoisotopic (exact) mass is 432 g/mol. The molecule has 1 N–H and O–H groups in total. The van der Waals surface area contributed by atoms with Crippen LogP contribution in [0.25, 0.3) is 6.08 Å². The predicted octanol–water partition coefficient (Wildman–Crippen LogP) is 1.91. The van der Waals surface area contributed by atoms with Gasteiger partial charge in [-0.3, -0.25) is 4.79 Å². The summed E-state index contributed by atoms with van der Waals surface area (Å²) in [4.78, 5) is 14.0. The Morgan fingerprint density at radius 3 is 2.70 bits per heavy atom. The number of ether oxygens (including phenoxy) is 3. The van der Waals surface area contributed by atoms with Gasteiger partial charge in [0, 0.05) is 13.1 Å². The van der Waals surface area contributed by atoms with E-state index in [1.54, 1.807) is 25.3 Å². The molecule has 0 aromatic heterocycles. The summed E-state index contributed by atoms with van der Waals surface area (Å²) in [7, 11) is 0.692. The normalized spacial score (nSPS) is 15.8. The number of likely N-dealkylation sites (N-methyl/N-ethyl adjacent to an activating group) is 1. The van der Waals surface area contributed by atoms with E-state index in [-0.39, 0.29) is 22.7 Å². The summed E-state index contributed by atoms with van der Waals surface area (Å²) in [5, 5.41) is 0. The Balaban J connectivity index is 1.66. The first-order chi connectivity index (χ1) is 14.3. The van der Waals surface area contributed by atoms with E-state index in [1.807, 2.05) is 24.3 Å². The molecule has 1 heterocycles. The van der Waals surface area contributed by atoms with Gasteiger partial charge in [-0.1, -0.05) is 18.2 Å². The zero-order valence-electron chi connectivity index (χ0n) is 17.0. The lowest BCUT2D eigenvalue weighted by Crippen LogP contribution is -2.41. The summed E-state index contributed by atoms with van der Waals surface area (Å²) in [6.45, 7) is 0.696. The standard InChI is InChI=1S/C21H24N2O6S/c1-22-30(25,26)20-12-15(8-10-19(20)27-3)9-11-21(24)23(2)13-16-14-28-17-6-4-5-7-18(17)29-16/h4-12,16,22H,13-14H2,1-3H3/b11-9+. The highest BCUT2D eigenvalue weighted by atomic mass is 32.2. The fourth-order valence-electron chi connectivity index (χ4n) is 2.96. The van der Waals surface area contributed by atoms with Crippen molar-refractivity contribution in [1.82, 2.24) is 9.62 Å². The van der Waals surface area contributed by atoms with Crippen LogP contribution in [-0.2, 0) is 14.8 Å². The molecule has 8 nitrogen and oxygen atoms in total. The van der Waals surface area contributed by atoms with Crippen molar-refractivity contribution in [1.29, 1.82) is 0 Å². The molecule has 0 spiro atoms. The summed E-state index contributed by atoms with van der Waals surface area (Å²) in [6.07, 6.45) is 2.66. The molecule has 1 aliphatic heterocycles. The predicted molar refractivity (Wildman–Crippen MR) is 112 cm³/mol. The molecule has 2 aromatic carbocycles. The number of benzene rings is 2. The highest BCUT2D eigenvalue weighted by molar-refractivity contribution is 7.89. The minimum Gasteiger partial charge on any atom is -0.495 e. The van der Waals surface area contributed by atoms with Gasteiger partial charge in [0.15, 0.2) is 17.6 Å². The first kappa shape index (κ1) is 21.7. The number of carbonyl (C=O) groups excluding carboxylic acids is 1. The summed E-state index contributed by atoms with van der Waals surface area (Å²) in [5.41, 5.74) is 0.553. The quantitative estimate of drug-likeness (QED) is 0.672. The van der Waals surface area contributed by atoms with Crippen molar-refractivity contribution >= 4 is 22.0 Å². The van der Waals surface area contributed by atoms with Crippen molar-refractivity contribution < 1.29 is 27.4 Å². The molecule has 0 radical (unpaired) electrons. The van der Waals surface area contributed by atoms with Gasteiger partial charge in [0.25, 0.3) is 0 Å². The molecule has 30 heavy (non-hydrogen) atoms. The molecule has 1 atom stereocenters. The van der Waals surface area contributed by atoms with E-state index in [0.717, 1.165) is 0 Å². The molecule has 3 rings (SSSR count). The Labute approximate surface area is 176 Å². The maximum Gasteiger partial charge on any atom is 0.246 e. The van der Waals surface area contributed by atoms with Crippen molar-refractivity contribution in [3.05, 3.63) is 54.1 Å². The zero-order valence-corrected chi connectivity index (χ0v) is 17.8. The second kappa shape index (κ2) is 9.19. The van der Waals surface area contributed by atoms with E-state index >= 15 is 0 Å². The van der Waals surface area contributed by atoms with Crippen LogP contribution in [-0.4, -0.2) is 59.7 Å². The molecule has 2 aromatic rings. The molecule has 9 heteroatoms. The summed E-state index contributed by atoms with van der Waals surface area (Å²) < 4.78 is 43.3. The van der Waals surface area contributed by atoms with Gasteiger partial charge >= 0.3 is 0 Å². The summed E-state index contributed by atoms with van der Waals surface area (Å²) in [6, 6.07) is 12.1. The van der Waals surface area contributed by atoms with Crippen molar-refractivity contribution in [3.8, 4) is 17.2 Å². The van der Waals surface area contributed by atoms with Crippen LogP contribution >= 0.6 is 0 Å². The Morgan fingerprint density at radius 1 is 1.27 bits per heavy atom. The molecule has 0 bridgehead atoms. The largest absolute Gasteiger partial charge is 0.495 e. The molecule has 0 aliphatic carbocycles. The van der Waals surface area contributed by atoms with Gasteiger partial charge < -0.3 is 19.1 Å². The highest BCUT2D eigenvalue weighted by Gasteiger charge is 2.23. The number of hydrogen-bond donors (Lipinski definition) is 1. The van der Waals surface area contributed by atoms with Gasteiger partial charge in [0.2, 0.25) is 15.9 Å². The van der Waals surface area contributed by atoms with E-state index in [4.69, 9.17) is 14.2 Å². The van der Waals surface area contributed by atoms with Crippen LogP contribution in [0.4, 0.5) is 0 Å². The van der Waals surface area contributed by atoms with Crippen molar-refractivity contribution in [3.63, 3.8) is 0 Å². The van der Waals surface area contributed by atoms with Crippen LogP contribution < -0.4 is 18.9 Å². The van der Waals surface area contributed by atoms with Crippen LogP contribution in [0.1, 0.15) is 5.56 Å². The maximum absolute atomic E-state index is 12.5. The Bertz CT molecular complexity index is 1050. The third-order valence-electron chi connectivity index (χ3n) is 4.59. The molecular weight excluding hydrogens is 408 g/mol. The molecule has 0 saturated heterocycles. The highest BCUT2D eigenvalue weighted by Crippen LogP contribution is 2.31. The van der Waals surface area contributed by atoms with Crippen molar-refractivity contribution in [2.45, 2.75) is 11.0 Å². The number of methoxy groups -OCH3 is 1. The van der Waals surface area contributed by atoms with Crippen molar-refractivity contribution in [2.24, 2.45) is 0 Å². The number of nitrogens with zero attached hydrogens (tertiary/aromatic N) is 1. The maximum atomic E-state index is 12.5. The fourth-order valence-corrected chi connectivity index (χ4v) is 3.89.